The van der Waals surface area contributed by atoms with Crippen molar-refractivity contribution in [1.29, 1.82) is 0 Å². The highest BCUT2D eigenvalue weighted by Crippen LogP contribution is 2.22. The lowest BCUT2D eigenvalue weighted by molar-refractivity contribution is 0.0650. The molecule has 6 nitrogen and oxygen atoms in total. The molecule has 0 saturated carbocycles. The standard InChI is InChI=1S/C6H2Cl2N2O4/c7-3-1(5(11)12)2(6(13)14)4(8)10-9-3/h(H,11,12)(H,13,14). The lowest BCUT2D eigenvalue weighted by Crippen LogP contribution is -2.12. The summed E-state index contributed by atoms with van der Waals surface area (Å²) in [6.07, 6.45) is 0. The van der Waals surface area contributed by atoms with Gasteiger partial charge in [-0.15, -0.1) is 10.2 Å². The smallest absolute Gasteiger partial charge is 0.339 e. The molecule has 14 heavy (non-hydrogen) atoms. The van der Waals surface area contributed by atoms with Crippen molar-refractivity contribution in [3.8, 4) is 0 Å². The molecule has 1 heterocycles. The van der Waals surface area contributed by atoms with Gasteiger partial charge in [0.25, 0.3) is 0 Å². The molecule has 0 atom stereocenters. The van der Waals surface area contributed by atoms with Crippen LogP contribution in [0.15, 0.2) is 0 Å². The van der Waals surface area contributed by atoms with Crippen LogP contribution in [0.25, 0.3) is 0 Å². The van der Waals surface area contributed by atoms with E-state index in [1.807, 2.05) is 0 Å². The van der Waals surface area contributed by atoms with E-state index in [1.165, 1.54) is 0 Å². The predicted molar refractivity (Wildman–Crippen MR) is 46.0 cm³/mol. The fourth-order valence-electron chi connectivity index (χ4n) is 0.784. The number of rotatable bonds is 2. The number of carboxylic acid groups (broad SMARTS) is 2. The van der Waals surface area contributed by atoms with Crippen molar-refractivity contribution < 1.29 is 19.8 Å². The Kier molecular flexibility index (Phi) is 2.87. The summed E-state index contributed by atoms with van der Waals surface area (Å²) in [6.45, 7) is 0. The van der Waals surface area contributed by atoms with E-state index >= 15 is 0 Å². The molecular formula is C6H2Cl2N2O4. The molecule has 0 radical (unpaired) electrons. The lowest BCUT2D eigenvalue weighted by Gasteiger charge is -2.02. The second kappa shape index (κ2) is 3.77. The molecule has 0 aliphatic carbocycles. The van der Waals surface area contributed by atoms with E-state index in [4.69, 9.17) is 33.4 Å². The number of carboxylic acids is 2. The molecule has 0 aliphatic heterocycles. The van der Waals surface area contributed by atoms with Gasteiger partial charge in [0.15, 0.2) is 10.3 Å². The number of nitrogens with zero attached hydrogens (tertiary/aromatic N) is 2. The molecule has 8 heteroatoms. The predicted octanol–water partition coefficient (Wildman–Crippen LogP) is 1.18. The van der Waals surface area contributed by atoms with Gasteiger partial charge in [0.2, 0.25) is 0 Å². The number of aromatic nitrogens is 2. The fourth-order valence-corrected chi connectivity index (χ4v) is 1.21. The van der Waals surface area contributed by atoms with Crippen molar-refractivity contribution in [1.82, 2.24) is 10.2 Å². The molecule has 1 aromatic heterocycles. The average Bonchev–Trinajstić information content (AvgIpc) is 2.07. The van der Waals surface area contributed by atoms with Gasteiger partial charge in [0.1, 0.15) is 11.1 Å². The van der Waals surface area contributed by atoms with E-state index in [9.17, 15) is 9.59 Å². The zero-order valence-corrected chi connectivity index (χ0v) is 7.87. The normalized spacial score (nSPS) is 9.86. The molecular weight excluding hydrogens is 235 g/mol. The third kappa shape index (κ3) is 1.75. The van der Waals surface area contributed by atoms with Crippen LogP contribution in [0.4, 0.5) is 0 Å². The molecule has 74 valence electrons. The van der Waals surface area contributed by atoms with Crippen LogP contribution in [0.2, 0.25) is 10.3 Å². The number of hydrogen-bond acceptors (Lipinski definition) is 4. The highest BCUT2D eigenvalue weighted by atomic mass is 35.5. The molecule has 0 fully saturated rings. The maximum Gasteiger partial charge on any atom is 0.339 e. The second-order valence-electron chi connectivity index (χ2n) is 2.14. The van der Waals surface area contributed by atoms with Crippen LogP contribution in [0.3, 0.4) is 0 Å². The van der Waals surface area contributed by atoms with Crippen molar-refractivity contribution in [2.75, 3.05) is 0 Å². The monoisotopic (exact) mass is 236 g/mol. The van der Waals surface area contributed by atoms with Gasteiger partial charge in [0, 0.05) is 0 Å². The SMILES string of the molecule is O=C(O)c1c(Cl)nnc(Cl)c1C(=O)O. The topological polar surface area (TPSA) is 100 Å². The zero-order valence-electron chi connectivity index (χ0n) is 6.36. The molecule has 0 amide bonds. The maximum absolute atomic E-state index is 10.6. The van der Waals surface area contributed by atoms with Crippen LogP contribution in [0, 0.1) is 0 Å². The fraction of sp³-hybridized carbons (Fsp3) is 0. The number of halogens is 2. The van der Waals surface area contributed by atoms with Gasteiger partial charge >= 0.3 is 11.9 Å². The highest BCUT2D eigenvalue weighted by molar-refractivity contribution is 6.36. The first-order chi connectivity index (χ1) is 6.45. The van der Waals surface area contributed by atoms with Gasteiger partial charge in [-0.2, -0.15) is 0 Å². The first-order valence-electron chi connectivity index (χ1n) is 3.13. The number of hydrogen-bond donors (Lipinski definition) is 2. The Labute approximate surface area is 87.1 Å². The van der Waals surface area contributed by atoms with Gasteiger partial charge in [0.05, 0.1) is 0 Å². The summed E-state index contributed by atoms with van der Waals surface area (Å²) in [7, 11) is 0. The van der Waals surface area contributed by atoms with E-state index in [1.54, 1.807) is 0 Å². The molecule has 1 aromatic rings. The molecule has 0 saturated heterocycles. The largest absolute Gasteiger partial charge is 0.478 e. The summed E-state index contributed by atoms with van der Waals surface area (Å²) in [5.74, 6) is -3.05. The van der Waals surface area contributed by atoms with Crippen LogP contribution in [-0.2, 0) is 0 Å². The van der Waals surface area contributed by atoms with E-state index in [0.29, 0.717) is 0 Å². The third-order valence-corrected chi connectivity index (χ3v) is 1.85. The summed E-state index contributed by atoms with van der Waals surface area (Å²) < 4.78 is 0. The van der Waals surface area contributed by atoms with Gasteiger partial charge in [-0.25, -0.2) is 9.59 Å². The Morgan fingerprint density at radius 3 is 1.43 bits per heavy atom. The minimum Gasteiger partial charge on any atom is -0.478 e. The molecule has 0 bridgehead atoms. The Hall–Kier alpha value is -1.40. The highest BCUT2D eigenvalue weighted by Gasteiger charge is 2.25. The van der Waals surface area contributed by atoms with Crippen LogP contribution >= 0.6 is 23.2 Å². The number of carbonyl (C=O) groups is 2. The maximum atomic E-state index is 10.6. The molecule has 0 unspecified atom stereocenters. The van der Waals surface area contributed by atoms with Gasteiger partial charge < -0.3 is 10.2 Å². The average molecular weight is 237 g/mol. The van der Waals surface area contributed by atoms with E-state index in [-0.39, 0.29) is 0 Å². The first kappa shape index (κ1) is 10.7. The van der Waals surface area contributed by atoms with Gasteiger partial charge in [-0.05, 0) is 0 Å². The Balaban J connectivity index is 3.58. The summed E-state index contributed by atoms with van der Waals surface area (Å²) in [5, 5.41) is 22.6. The van der Waals surface area contributed by atoms with Crippen LogP contribution in [-0.4, -0.2) is 32.3 Å². The van der Waals surface area contributed by atoms with Crippen molar-refractivity contribution in [2.45, 2.75) is 0 Å². The van der Waals surface area contributed by atoms with Crippen molar-refractivity contribution in [3.63, 3.8) is 0 Å². The second-order valence-corrected chi connectivity index (χ2v) is 2.86. The Morgan fingerprint density at radius 1 is 0.929 bits per heavy atom. The van der Waals surface area contributed by atoms with Crippen molar-refractivity contribution in [3.05, 3.63) is 21.4 Å². The van der Waals surface area contributed by atoms with Gasteiger partial charge in [-0.3, -0.25) is 0 Å². The molecule has 0 aliphatic rings. The summed E-state index contributed by atoms with van der Waals surface area (Å²) in [6, 6.07) is 0. The lowest BCUT2D eigenvalue weighted by atomic mass is 10.2. The first-order valence-corrected chi connectivity index (χ1v) is 3.89. The van der Waals surface area contributed by atoms with E-state index in [0.717, 1.165) is 0 Å². The van der Waals surface area contributed by atoms with E-state index in [2.05, 4.69) is 10.2 Å². The molecule has 0 aromatic carbocycles. The van der Waals surface area contributed by atoms with E-state index < -0.39 is 33.4 Å². The Bertz CT molecular complexity index is 382. The minimum absolute atomic E-state index is 0.515. The number of aromatic carboxylic acids is 2. The third-order valence-electron chi connectivity index (χ3n) is 1.32. The summed E-state index contributed by atoms with van der Waals surface area (Å²) in [4.78, 5) is 21.3. The summed E-state index contributed by atoms with van der Waals surface area (Å²) in [5.41, 5.74) is -1.33. The Morgan fingerprint density at radius 2 is 1.21 bits per heavy atom. The quantitative estimate of drug-likeness (QED) is 0.800. The van der Waals surface area contributed by atoms with Gasteiger partial charge in [-0.1, -0.05) is 23.2 Å². The molecule has 1 rings (SSSR count). The summed E-state index contributed by atoms with van der Waals surface area (Å²) >= 11 is 10.7. The zero-order chi connectivity index (χ0) is 10.9. The van der Waals surface area contributed by atoms with Crippen LogP contribution in [0.1, 0.15) is 20.7 Å². The van der Waals surface area contributed by atoms with Crippen LogP contribution in [0.5, 0.6) is 0 Å². The molecule has 2 N–H and O–H groups in total. The van der Waals surface area contributed by atoms with Crippen molar-refractivity contribution >= 4 is 35.1 Å². The molecule has 0 spiro atoms. The minimum atomic E-state index is -1.52. The van der Waals surface area contributed by atoms with Crippen LogP contribution < -0.4 is 0 Å². The van der Waals surface area contributed by atoms with Crippen molar-refractivity contribution in [2.24, 2.45) is 0 Å².